The van der Waals surface area contributed by atoms with Gasteiger partial charge in [-0.05, 0) is 5.75 Å². The predicted molar refractivity (Wildman–Crippen MR) is 50.5 cm³/mol. The molecule has 0 aliphatic heterocycles. The third-order valence-corrected chi connectivity index (χ3v) is 2.50. The molecule has 0 bridgehead atoms. The highest BCUT2D eigenvalue weighted by molar-refractivity contribution is 7.99. The minimum Gasteiger partial charge on any atom is -0.230 e. The first-order valence-electron chi connectivity index (χ1n) is 3.96. The second-order valence-corrected chi connectivity index (χ2v) is 3.75. The van der Waals surface area contributed by atoms with Gasteiger partial charge in [-0.2, -0.15) is 0 Å². The van der Waals surface area contributed by atoms with Gasteiger partial charge in [0.2, 0.25) is 0 Å². The average Bonchev–Trinajstić information content (AvgIpc) is 2.50. The number of hydrogen-bond acceptors (Lipinski definition) is 5. The Balaban J connectivity index is 2.63. The third kappa shape index (κ3) is 1.37. The maximum Gasteiger partial charge on any atom is 0.182 e. The zero-order chi connectivity index (χ0) is 9.26. The Morgan fingerprint density at radius 1 is 1.46 bits per heavy atom. The first-order valence-corrected chi connectivity index (χ1v) is 4.94. The van der Waals surface area contributed by atoms with Gasteiger partial charge in [-0.25, -0.2) is 14.6 Å². The van der Waals surface area contributed by atoms with Gasteiger partial charge in [-0.1, -0.05) is 12.1 Å². The Hall–Kier alpha value is -1.17. The summed E-state index contributed by atoms with van der Waals surface area (Å²) in [6, 6.07) is 0. The van der Waals surface area contributed by atoms with Crippen molar-refractivity contribution in [3.05, 3.63) is 6.33 Å². The fourth-order valence-corrected chi connectivity index (χ4v) is 1.74. The molecule has 0 radical (unpaired) electrons. The quantitative estimate of drug-likeness (QED) is 0.525. The summed E-state index contributed by atoms with van der Waals surface area (Å²) in [5, 5.41) is 8.80. The number of aromatic nitrogens is 5. The molecule has 0 aromatic carbocycles. The van der Waals surface area contributed by atoms with Crippen LogP contribution >= 0.6 is 11.8 Å². The van der Waals surface area contributed by atoms with Crippen LogP contribution in [0.2, 0.25) is 0 Å². The molecule has 0 saturated heterocycles. The van der Waals surface area contributed by atoms with E-state index in [1.54, 1.807) is 22.8 Å². The minimum absolute atomic E-state index is 0.783. The molecule has 0 aliphatic rings. The van der Waals surface area contributed by atoms with Crippen molar-refractivity contribution in [2.45, 2.75) is 11.9 Å². The van der Waals surface area contributed by atoms with Crippen LogP contribution in [-0.2, 0) is 7.05 Å². The summed E-state index contributed by atoms with van der Waals surface area (Å²) in [6.07, 6.45) is 1.55. The summed E-state index contributed by atoms with van der Waals surface area (Å²) >= 11 is 1.65. The largest absolute Gasteiger partial charge is 0.230 e. The van der Waals surface area contributed by atoms with E-state index in [2.05, 4.69) is 27.2 Å². The van der Waals surface area contributed by atoms with E-state index in [4.69, 9.17) is 0 Å². The van der Waals surface area contributed by atoms with Crippen LogP contribution in [0, 0.1) is 0 Å². The summed E-state index contributed by atoms with van der Waals surface area (Å²) in [5.41, 5.74) is 1.57. The van der Waals surface area contributed by atoms with Crippen molar-refractivity contribution in [1.82, 2.24) is 25.0 Å². The Kier molecular flexibility index (Phi) is 2.13. The second-order valence-electron chi connectivity index (χ2n) is 2.50. The Bertz CT molecular complexity index is 424. The fourth-order valence-electron chi connectivity index (χ4n) is 1.07. The lowest BCUT2D eigenvalue weighted by atomic mass is 10.5. The topological polar surface area (TPSA) is 56.5 Å². The summed E-state index contributed by atoms with van der Waals surface area (Å²) in [6.45, 7) is 2.08. The number of hydrogen-bond donors (Lipinski definition) is 0. The maximum absolute atomic E-state index is 4.15. The molecule has 0 saturated carbocycles. The van der Waals surface area contributed by atoms with Crippen molar-refractivity contribution in [2.75, 3.05) is 5.75 Å². The van der Waals surface area contributed by atoms with E-state index in [1.165, 1.54) is 0 Å². The molecule has 0 amide bonds. The van der Waals surface area contributed by atoms with Crippen LogP contribution in [0.1, 0.15) is 6.92 Å². The van der Waals surface area contributed by atoms with Crippen LogP contribution < -0.4 is 0 Å². The third-order valence-electron chi connectivity index (χ3n) is 1.64. The second kappa shape index (κ2) is 3.29. The molecule has 13 heavy (non-hydrogen) atoms. The van der Waals surface area contributed by atoms with E-state index in [-0.39, 0.29) is 0 Å². The van der Waals surface area contributed by atoms with Gasteiger partial charge < -0.3 is 0 Å². The van der Waals surface area contributed by atoms with Gasteiger partial charge >= 0.3 is 0 Å². The number of thioether (sulfide) groups is 1. The molecule has 0 atom stereocenters. The van der Waals surface area contributed by atoms with E-state index < -0.39 is 0 Å². The SMILES string of the molecule is CCSc1ncnc2c1nnn2C. The Morgan fingerprint density at radius 2 is 2.31 bits per heavy atom. The van der Waals surface area contributed by atoms with Crippen LogP contribution in [0.15, 0.2) is 11.4 Å². The molecule has 0 aliphatic carbocycles. The number of nitrogens with zero attached hydrogens (tertiary/aromatic N) is 5. The minimum atomic E-state index is 0.783. The van der Waals surface area contributed by atoms with Gasteiger partial charge in [0.15, 0.2) is 11.2 Å². The van der Waals surface area contributed by atoms with Gasteiger partial charge in [0.25, 0.3) is 0 Å². The normalized spacial score (nSPS) is 10.9. The molecule has 2 aromatic rings. The molecule has 2 rings (SSSR count). The summed E-state index contributed by atoms with van der Waals surface area (Å²) < 4.78 is 1.65. The molecular formula is C7H9N5S. The van der Waals surface area contributed by atoms with E-state index in [1.807, 2.05) is 7.05 Å². The molecule has 2 aromatic heterocycles. The summed E-state index contributed by atoms with van der Waals surface area (Å²) in [4.78, 5) is 8.24. The van der Waals surface area contributed by atoms with Crippen LogP contribution in [0.3, 0.4) is 0 Å². The smallest absolute Gasteiger partial charge is 0.182 e. The molecule has 5 nitrogen and oxygen atoms in total. The predicted octanol–water partition coefficient (Wildman–Crippen LogP) is 0.870. The molecule has 2 heterocycles. The van der Waals surface area contributed by atoms with Crippen molar-refractivity contribution in [3.63, 3.8) is 0 Å². The van der Waals surface area contributed by atoms with Crippen LogP contribution in [0.5, 0.6) is 0 Å². The van der Waals surface area contributed by atoms with Crippen molar-refractivity contribution in [2.24, 2.45) is 7.05 Å². The lowest BCUT2D eigenvalue weighted by Crippen LogP contribution is -1.92. The van der Waals surface area contributed by atoms with Gasteiger partial charge in [-0.15, -0.1) is 16.9 Å². The fraction of sp³-hybridized carbons (Fsp3) is 0.429. The van der Waals surface area contributed by atoms with Gasteiger partial charge in [0.1, 0.15) is 11.4 Å². The molecule has 6 heteroatoms. The first kappa shape index (κ1) is 8.43. The Morgan fingerprint density at radius 3 is 3.08 bits per heavy atom. The maximum atomic E-state index is 4.15. The van der Waals surface area contributed by atoms with Gasteiger partial charge in [0, 0.05) is 7.05 Å². The van der Waals surface area contributed by atoms with Gasteiger partial charge in [0.05, 0.1) is 0 Å². The van der Waals surface area contributed by atoms with E-state index >= 15 is 0 Å². The molecule has 68 valence electrons. The highest BCUT2D eigenvalue weighted by Gasteiger charge is 2.08. The molecule has 0 N–H and O–H groups in total. The van der Waals surface area contributed by atoms with E-state index in [9.17, 15) is 0 Å². The van der Waals surface area contributed by atoms with Crippen molar-refractivity contribution in [3.8, 4) is 0 Å². The first-order chi connectivity index (χ1) is 6.33. The van der Waals surface area contributed by atoms with Crippen molar-refractivity contribution >= 4 is 22.9 Å². The van der Waals surface area contributed by atoms with E-state index in [0.29, 0.717) is 0 Å². The zero-order valence-corrected chi connectivity index (χ0v) is 8.25. The number of fused-ring (bicyclic) bond motifs is 1. The highest BCUT2D eigenvalue weighted by Crippen LogP contribution is 2.20. The highest BCUT2D eigenvalue weighted by atomic mass is 32.2. The van der Waals surface area contributed by atoms with Crippen LogP contribution in [0.4, 0.5) is 0 Å². The lowest BCUT2D eigenvalue weighted by Gasteiger charge is -1.96. The average molecular weight is 195 g/mol. The van der Waals surface area contributed by atoms with Crippen molar-refractivity contribution < 1.29 is 0 Å². The molecule has 0 unspecified atom stereocenters. The van der Waals surface area contributed by atoms with Gasteiger partial charge in [-0.3, -0.25) is 0 Å². The molecule has 0 fully saturated rings. The Labute approximate surface area is 79.6 Å². The molecule has 0 spiro atoms. The van der Waals surface area contributed by atoms with Crippen LogP contribution in [-0.4, -0.2) is 30.7 Å². The monoisotopic (exact) mass is 195 g/mol. The van der Waals surface area contributed by atoms with Crippen LogP contribution in [0.25, 0.3) is 11.2 Å². The van der Waals surface area contributed by atoms with Crippen molar-refractivity contribution in [1.29, 1.82) is 0 Å². The summed E-state index contributed by atoms with van der Waals surface area (Å²) in [5.74, 6) is 0.975. The lowest BCUT2D eigenvalue weighted by molar-refractivity contribution is 0.729. The molecular weight excluding hydrogens is 186 g/mol. The number of rotatable bonds is 2. The summed E-state index contributed by atoms with van der Waals surface area (Å²) in [7, 11) is 1.82. The van der Waals surface area contributed by atoms with E-state index in [0.717, 1.165) is 21.9 Å². The number of aryl methyl sites for hydroxylation is 1. The zero-order valence-electron chi connectivity index (χ0n) is 7.43. The standard InChI is InChI=1S/C7H9N5S/c1-3-13-7-5-6(8-4-9-7)12(2)11-10-5/h4H,3H2,1-2H3.